The number of Topliss-reactive ketones (excluding diaryl/α,β-unsaturated/α-hetero) is 1. The number of fused-ring (bicyclic) bond motifs is 1. The van der Waals surface area contributed by atoms with E-state index in [2.05, 4.69) is 36.3 Å². The molecule has 0 saturated heterocycles. The van der Waals surface area contributed by atoms with Crippen molar-refractivity contribution < 1.29 is 14.3 Å². The Morgan fingerprint density at radius 1 is 1.28 bits per heavy atom. The molecule has 6 nitrogen and oxygen atoms in total. The minimum absolute atomic E-state index is 0.00332. The summed E-state index contributed by atoms with van der Waals surface area (Å²) in [7, 11) is 0. The first-order valence-electron chi connectivity index (χ1n) is 9.38. The van der Waals surface area contributed by atoms with E-state index >= 15 is 0 Å². The Kier molecular flexibility index (Phi) is 5.40. The quantitative estimate of drug-likeness (QED) is 0.487. The Labute approximate surface area is 173 Å². The molecule has 3 aromatic rings. The van der Waals surface area contributed by atoms with Crippen LogP contribution in [0.2, 0.25) is 0 Å². The molecule has 0 unspecified atom stereocenters. The number of para-hydroxylation sites is 1. The van der Waals surface area contributed by atoms with E-state index in [9.17, 15) is 9.59 Å². The van der Waals surface area contributed by atoms with Crippen molar-refractivity contribution in [3.63, 3.8) is 0 Å². The molecule has 1 aromatic heterocycles. The van der Waals surface area contributed by atoms with E-state index < -0.39 is 0 Å². The molecule has 148 valence electrons. The largest absolute Gasteiger partial charge is 0.482 e. The lowest BCUT2D eigenvalue weighted by Gasteiger charge is -2.18. The van der Waals surface area contributed by atoms with Crippen molar-refractivity contribution in [2.45, 2.75) is 24.9 Å². The normalized spacial score (nSPS) is 13.0. The topological polar surface area (TPSA) is 73.2 Å². The van der Waals surface area contributed by atoms with Crippen LogP contribution >= 0.6 is 11.8 Å². The van der Waals surface area contributed by atoms with E-state index in [1.54, 1.807) is 24.4 Å². The monoisotopic (exact) mass is 407 g/mol. The van der Waals surface area contributed by atoms with Gasteiger partial charge in [-0.25, -0.2) is 4.98 Å². The molecule has 0 radical (unpaired) electrons. The molecular weight excluding hydrogens is 386 g/mol. The zero-order valence-electron chi connectivity index (χ0n) is 16.2. The first-order valence-corrected chi connectivity index (χ1v) is 10.4. The Hall–Kier alpha value is -3.06. The summed E-state index contributed by atoms with van der Waals surface area (Å²) in [5.74, 6) is 0.941. The van der Waals surface area contributed by atoms with Crippen molar-refractivity contribution in [2.24, 2.45) is 0 Å². The van der Waals surface area contributed by atoms with Crippen molar-refractivity contribution in [2.75, 3.05) is 17.7 Å². The molecule has 29 heavy (non-hydrogen) atoms. The SMILES string of the molecule is CC(C)c1ccccc1-n1ccnc1SCC(=O)c1ccc2c(c1)NC(=O)CO2. The Morgan fingerprint density at radius 2 is 2.10 bits per heavy atom. The molecule has 4 rings (SSSR count). The lowest BCUT2D eigenvalue weighted by molar-refractivity contribution is -0.118. The van der Waals surface area contributed by atoms with Crippen molar-refractivity contribution in [1.29, 1.82) is 0 Å². The summed E-state index contributed by atoms with van der Waals surface area (Å²) in [6.07, 6.45) is 3.66. The number of hydrogen-bond acceptors (Lipinski definition) is 5. The predicted molar refractivity (Wildman–Crippen MR) is 113 cm³/mol. The van der Waals surface area contributed by atoms with E-state index in [4.69, 9.17) is 4.74 Å². The van der Waals surface area contributed by atoms with Crippen LogP contribution in [0.4, 0.5) is 5.69 Å². The predicted octanol–water partition coefficient (Wildman–Crippen LogP) is 4.30. The number of rotatable bonds is 6. The van der Waals surface area contributed by atoms with Crippen LogP contribution in [0, 0.1) is 0 Å². The van der Waals surface area contributed by atoms with Gasteiger partial charge in [-0.3, -0.25) is 14.2 Å². The molecule has 1 aliphatic heterocycles. The maximum atomic E-state index is 12.7. The van der Waals surface area contributed by atoms with Crippen molar-refractivity contribution >= 4 is 29.1 Å². The van der Waals surface area contributed by atoms with E-state index in [1.165, 1.54) is 17.3 Å². The van der Waals surface area contributed by atoms with Crippen molar-refractivity contribution in [1.82, 2.24) is 9.55 Å². The van der Waals surface area contributed by atoms with Gasteiger partial charge < -0.3 is 10.1 Å². The molecule has 0 saturated carbocycles. The van der Waals surface area contributed by atoms with E-state index in [0.29, 0.717) is 22.9 Å². The fraction of sp³-hybridized carbons (Fsp3) is 0.227. The minimum Gasteiger partial charge on any atom is -0.482 e. The number of thioether (sulfide) groups is 1. The molecule has 0 atom stereocenters. The third-order valence-electron chi connectivity index (χ3n) is 4.69. The second kappa shape index (κ2) is 8.13. The Balaban J connectivity index is 1.51. The number of carbonyl (C=O) groups is 2. The van der Waals surface area contributed by atoms with Crippen LogP contribution < -0.4 is 10.1 Å². The van der Waals surface area contributed by atoms with E-state index in [0.717, 1.165) is 10.8 Å². The number of nitrogens with one attached hydrogen (secondary N) is 1. The van der Waals surface area contributed by atoms with E-state index in [-0.39, 0.29) is 24.1 Å². The smallest absolute Gasteiger partial charge is 0.262 e. The van der Waals surface area contributed by atoms with Gasteiger partial charge in [-0.15, -0.1) is 0 Å². The van der Waals surface area contributed by atoms with Gasteiger partial charge in [0.1, 0.15) is 5.75 Å². The second-order valence-corrected chi connectivity index (χ2v) is 8.00. The molecule has 2 aromatic carbocycles. The summed E-state index contributed by atoms with van der Waals surface area (Å²) < 4.78 is 7.36. The molecule has 0 spiro atoms. The van der Waals surface area contributed by atoms with Gasteiger partial charge in [0, 0.05) is 18.0 Å². The summed E-state index contributed by atoms with van der Waals surface area (Å²) in [6.45, 7) is 4.31. The van der Waals surface area contributed by atoms with Crippen LogP contribution in [-0.2, 0) is 4.79 Å². The van der Waals surface area contributed by atoms with E-state index in [1.807, 2.05) is 22.9 Å². The van der Waals surface area contributed by atoms with Crippen LogP contribution in [0.1, 0.15) is 35.7 Å². The van der Waals surface area contributed by atoms with Crippen LogP contribution in [-0.4, -0.2) is 33.6 Å². The molecule has 0 bridgehead atoms. The highest BCUT2D eigenvalue weighted by Crippen LogP contribution is 2.30. The number of ketones is 1. The summed E-state index contributed by atoms with van der Waals surface area (Å²) in [4.78, 5) is 28.7. The summed E-state index contributed by atoms with van der Waals surface area (Å²) in [5.41, 5.74) is 3.36. The third kappa shape index (κ3) is 4.05. The third-order valence-corrected chi connectivity index (χ3v) is 5.66. The Bertz CT molecular complexity index is 1070. The summed E-state index contributed by atoms with van der Waals surface area (Å²) >= 11 is 1.39. The number of ether oxygens (including phenoxy) is 1. The number of amides is 1. The van der Waals surface area contributed by atoms with Crippen molar-refractivity contribution in [3.8, 4) is 11.4 Å². The summed E-state index contributed by atoms with van der Waals surface area (Å²) in [6, 6.07) is 13.3. The lowest BCUT2D eigenvalue weighted by atomic mass is 10.0. The van der Waals surface area contributed by atoms with Gasteiger partial charge in [-0.2, -0.15) is 0 Å². The average Bonchev–Trinajstić information content (AvgIpc) is 3.19. The number of imidazole rings is 1. The van der Waals surface area contributed by atoms with Gasteiger partial charge in [0.05, 0.1) is 17.1 Å². The molecule has 1 aliphatic rings. The number of nitrogens with zero attached hydrogens (tertiary/aromatic N) is 2. The van der Waals surface area contributed by atoms with Gasteiger partial charge in [-0.1, -0.05) is 43.8 Å². The lowest BCUT2D eigenvalue weighted by Crippen LogP contribution is -2.25. The van der Waals surface area contributed by atoms with Crippen molar-refractivity contribution in [3.05, 3.63) is 66.0 Å². The number of hydrogen-bond donors (Lipinski definition) is 1. The highest BCUT2D eigenvalue weighted by molar-refractivity contribution is 7.99. The highest BCUT2D eigenvalue weighted by Gasteiger charge is 2.19. The minimum atomic E-state index is -0.220. The molecule has 2 heterocycles. The average molecular weight is 407 g/mol. The van der Waals surface area contributed by atoms with Crippen LogP contribution in [0.15, 0.2) is 60.0 Å². The fourth-order valence-corrected chi connectivity index (χ4v) is 4.11. The zero-order valence-corrected chi connectivity index (χ0v) is 17.0. The maximum absolute atomic E-state index is 12.7. The van der Waals surface area contributed by atoms with Gasteiger partial charge in [-0.05, 0) is 35.7 Å². The van der Waals surface area contributed by atoms with Gasteiger partial charge in [0.15, 0.2) is 17.5 Å². The number of anilines is 1. The first kappa shape index (κ1) is 19.3. The standard InChI is InChI=1S/C22H21N3O3S/c1-14(2)16-5-3-4-6-18(16)25-10-9-23-22(25)29-13-19(26)15-7-8-20-17(11-15)24-21(27)12-28-20/h3-11,14H,12-13H2,1-2H3,(H,24,27). The molecule has 1 amide bonds. The fourth-order valence-electron chi connectivity index (χ4n) is 3.25. The van der Waals surface area contributed by atoms with Crippen LogP contribution in [0.25, 0.3) is 5.69 Å². The number of aromatic nitrogens is 2. The van der Waals surface area contributed by atoms with Crippen LogP contribution in [0.3, 0.4) is 0 Å². The molecule has 0 fully saturated rings. The Morgan fingerprint density at radius 3 is 2.93 bits per heavy atom. The highest BCUT2D eigenvalue weighted by atomic mass is 32.2. The first-order chi connectivity index (χ1) is 14.0. The van der Waals surface area contributed by atoms with Gasteiger partial charge in [0.25, 0.3) is 5.91 Å². The number of benzene rings is 2. The molecule has 7 heteroatoms. The zero-order chi connectivity index (χ0) is 20.4. The van der Waals surface area contributed by atoms with Gasteiger partial charge >= 0.3 is 0 Å². The van der Waals surface area contributed by atoms with Gasteiger partial charge in [0.2, 0.25) is 0 Å². The maximum Gasteiger partial charge on any atom is 0.262 e. The summed E-state index contributed by atoms with van der Waals surface area (Å²) in [5, 5.41) is 3.50. The molecule has 1 N–H and O–H groups in total. The number of carbonyl (C=O) groups excluding carboxylic acids is 2. The molecule has 0 aliphatic carbocycles. The van der Waals surface area contributed by atoms with Crippen LogP contribution in [0.5, 0.6) is 5.75 Å². The second-order valence-electron chi connectivity index (χ2n) is 7.05. The molecular formula is C22H21N3O3S.